The molecule has 2 unspecified atom stereocenters. The average Bonchev–Trinajstić information content (AvgIpc) is 2.60. The average molecular weight is 248 g/mol. The van der Waals surface area contributed by atoms with E-state index >= 15 is 0 Å². The largest absolute Gasteiger partial charge is 0.280 e. The smallest absolute Gasteiger partial charge is 0.258 e. The van der Waals surface area contributed by atoms with Gasteiger partial charge >= 0.3 is 0 Å². The number of nitro groups is 2. The van der Waals surface area contributed by atoms with Crippen molar-refractivity contribution in [3.05, 3.63) is 43.5 Å². The molecule has 0 saturated heterocycles. The number of nitro benzene ring substituents is 2. The van der Waals surface area contributed by atoms with E-state index in [-0.39, 0.29) is 23.2 Å². The number of benzene rings is 1. The summed E-state index contributed by atoms with van der Waals surface area (Å²) in [5.74, 6) is 0.498. The van der Waals surface area contributed by atoms with E-state index in [1.165, 1.54) is 6.07 Å². The van der Waals surface area contributed by atoms with Crippen LogP contribution in [0.1, 0.15) is 48.6 Å². The van der Waals surface area contributed by atoms with Crippen molar-refractivity contribution in [3.8, 4) is 0 Å². The Kier molecular flexibility index (Phi) is 2.33. The van der Waals surface area contributed by atoms with Crippen LogP contribution < -0.4 is 0 Å². The summed E-state index contributed by atoms with van der Waals surface area (Å²) in [5, 5.41) is 22.0. The maximum atomic E-state index is 11.1. The number of nitrogens with zero attached hydrogens (tertiary/aromatic N) is 2. The summed E-state index contributed by atoms with van der Waals surface area (Å²) < 4.78 is 0. The number of hydrogen-bond acceptors (Lipinski definition) is 4. The van der Waals surface area contributed by atoms with Crippen LogP contribution in [0.3, 0.4) is 0 Å². The Bertz CT molecular complexity index is 555. The van der Waals surface area contributed by atoms with Gasteiger partial charge in [0, 0.05) is 11.6 Å². The molecule has 2 atom stereocenters. The van der Waals surface area contributed by atoms with Gasteiger partial charge in [-0.05, 0) is 36.7 Å². The first-order chi connectivity index (χ1) is 8.58. The third-order valence-electron chi connectivity index (χ3n) is 4.10. The number of non-ortho nitro benzene ring substituents is 1. The second-order valence-electron chi connectivity index (χ2n) is 5.04. The molecule has 0 spiro atoms. The zero-order chi connectivity index (χ0) is 12.9. The molecule has 2 bridgehead atoms. The van der Waals surface area contributed by atoms with Gasteiger partial charge in [-0.2, -0.15) is 0 Å². The number of rotatable bonds is 2. The zero-order valence-electron chi connectivity index (χ0n) is 9.67. The molecule has 6 heteroatoms. The van der Waals surface area contributed by atoms with Crippen molar-refractivity contribution < 1.29 is 9.85 Å². The molecule has 0 heterocycles. The first-order valence-electron chi connectivity index (χ1n) is 6.04. The third-order valence-corrected chi connectivity index (χ3v) is 4.10. The lowest BCUT2D eigenvalue weighted by Gasteiger charge is -2.17. The molecule has 1 fully saturated rings. The van der Waals surface area contributed by atoms with Crippen molar-refractivity contribution in [1.82, 2.24) is 0 Å². The van der Waals surface area contributed by atoms with Crippen LogP contribution in [0.5, 0.6) is 0 Å². The first-order valence-corrected chi connectivity index (χ1v) is 6.04. The molecule has 1 saturated carbocycles. The second-order valence-corrected chi connectivity index (χ2v) is 5.04. The van der Waals surface area contributed by atoms with E-state index in [1.807, 2.05) is 0 Å². The Hall–Kier alpha value is -1.98. The lowest BCUT2D eigenvalue weighted by atomic mass is 9.87. The fourth-order valence-corrected chi connectivity index (χ4v) is 3.42. The topological polar surface area (TPSA) is 86.3 Å². The minimum absolute atomic E-state index is 0.0615. The van der Waals surface area contributed by atoms with E-state index in [0.717, 1.165) is 42.9 Å². The summed E-state index contributed by atoms with van der Waals surface area (Å²) in [6.45, 7) is 0. The fourth-order valence-electron chi connectivity index (χ4n) is 3.42. The van der Waals surface area contributed by atoms with E-state index in [0.29, 0.717) is 0 Å². The van der Waals surface area contributed by atoms with E-state index in [1.54, 1.807) is 0 Å². The molecule has 0 N–H and O–H groups in total. The zero-order valence-corrected chi connectivity index (χ0v) is 9.67. The quantitative estimate of drug-likeness (QED) is 0.593. The van der Waals surface area contributed by atoms with Crippen LogP contribution in [-0.4, -0.2) is 9.85 Å². The summed E-state index contributed by atoms with van der Waals surface area (Å²) >= 11 is 0. The molecule has 0 aromatic heterocycles. The molecule has 1 aromatic rings. The van der Waals surface area contributed by atoms with Crippen molar-refractivity contribution in [2.24, 2.45) is 0 Å². The van der Waals surface area contributed by atoms with Gasteiger partial charge in [-0.3, -0.25) is 20.2 Å². The monoisotopic (exact) mass is 248 g/mol. The van der Waals surface area contributed by atoms with Gasteiger partial charge in [0.2, 0.25) is 0 Å². The normalized spacial score (nSPS) is 24.7. The van der Waals surface area contributed by atoms with Crippen LogP contribution in [0, 0.1) is 20.2 Å². The molecule has 0 amide bonds. The van der Waals surface area contributed by atoms with Gasteiger partial charge in [0.05, 0.1) is 15.9 Å². The van der Waals surface area contributed by atoms with Gasteiger partial charge in [0.1, 0.15) is 0 Å². The van der Waals surface area contributed by atoms with Gasteiger partial charge in [0.25, 0.3) is 11.4 Å². The highest BCUT2D eigenvalue weighted by atomic mass is 16.6. The van der Waals surface area contributed by atoms with E-state index in [4.69, 9.17) is 0 Å². The van der Waals surface area contributed by atoms with Crippen LogP contribution in [-0.2, 0) is 0 Å². The lowest BCUT2D eigenvalue weighted by molar-refractivity contribution is -0.394. The fraction of sp³-hybridized carbons (Fsp3) is 0.500. The first kappa shape index (κ1) is 11.1. The highest BCUT2D eigenvalue weighted by Gasteiger charge is 2.40. The Labute approximate surface area is 103 Å². The molecule has 2 aliphatic rings. The molecule has 0 radical (unpaired) electrons. The predicted octanol–water partition coefficient (Wildman–Crippen LogP) is 3.26. The maximum Gasteiger partial charge on any atom is 0.280 e. The lowest BCUT2D eigenvalue weighted by Crippen LogP contribution is -2.02. The Balaban J connectivity index is 2.23. The summed E-state index contributed by atoms with van der Waals surface area (Å²) in [7, 11) is 0. The molecule has 3 rings (SSSR count). The van der Waals surface area contributed by atoms with Crippen LogP contribution in [0.2, 0.25) is 0 Å². The molecule has 1 aromatic carbocycles. The predicted molar refractivity (Wildman–Crippen MR) is 63.7 cm³/mol. The Morgan fingerprint density at radius 2 is 1.78 bits per heavy atom. The van der Waals surface area contributed by atoms with Crippen molar-refractivity contribution >= 4 is 11.4 Å². The van der Waals surface area contributed by atoms with Gasteiger partial charge in [-0.1, -0.05) is 6.42 Å². The summed E-state index contributed by atoms with van der Waals surface area (Å²) in [6, 6.07) is 2.65. The maximum absolute atomic E-state index is 11.1. The molecular weight excluding hydrogens is 236 g/mol. The highest BCUT2D eigenvalue weighted by molar-refractivity contribution is 5.59. The molecule has 18 heavy (non-hydrogen) atoms. The highest BCUT2D eigenvalue weighted by Crippen LogP contribution is 2.54. The van der Waals surface area contributed by atoms with Crippen molar-refractivity contribution in [2.45, 2.75) is 37.5 Å². The minimum atomic E-state index is -0.546. The van der Waals surface area contributed by atoms with Gasteiger partial charge in [-0.15, -0.1) is 0 Å². The third kappa shape index (κ3) is 1.48. The molecule has 6 nitrogen and oxygen atoms in total. The Morgan fingerprint density at radius 1 is 1.06 bits per heavy atom. The van der Waals surface area contributed by atoms with Gasteiger partial charge < -0.3 is 0 Å². The standard InChI is InChI=1S/C12H12N2O4/c15-13(16)9-5-10-7-2-1-3-8(4-7)12(10)11(6-9)14(17)18/h5-8H,1-4H2. The SMILES string of the molecule is O=[N+]([O-])c1cc2c(c([N+](=O)[O-])c1)C1CCCC2C1. The minimum Gasteiger partial charge on any atom is -0.258 e. The van der Waals surface area contributed by atoms with Crippen LogP contribution in [0.4, 0.5) is 11.4 Å². The molecule has 0 aliphatic heterocycles. The van der Waals surface area contributed by atoms with Gasteiger partial charge in [-0.25, -0.2) is 0 Å². The summed E-state index contributed by atoms with van der Waals surface area (Å²) in [6.07, 6.45) is 3.91. The van der Waals surface area contributed by atoms with Gasteiger partial charge in [0.15, 0.2) is 0 Å². The summed E-state index contributed by atoms with van der Waals surface area (Å²) in [5.41, 5.74) is 1.38. The Morgan fingerprint density at radius 3 is 2.44 bits per heavy atom. The molecule has 94 valence electrons. The molecular formula is C12H12N2O4. The van der Waals surface area contributed by atoms with E-state index in [9.17, 15) is 20.2 Å². The van der Waals surface area contributed by atoms with Crippen LogP contribution >= 0.6 is 0 Å². The van der Waals surface area contributed by atoms with Crippen molar-refractivity contribution in [3.63, 3.8) is 0 Å². The molecule has 2 aliphatic carbocycles. The van der Waals surface area contributed by atoms with E-state index in [2.05, 4.69) is 0 Å². The number of hydrogen-bond donors (Lipinski definition) is 0. The van der Waals surface area contributed by atoms with Crippen LogP contribution in [0.15, 0.2) is 12.1 Å². The van der Waals surface area contributed by atoms with E-state index < -0.39 is 9.85 Å². The number of fused-ring (bicyclic) bond motifs is 5. The second kappa shape index (κ2) is 3.76. The van der Waals surface area contributed by atoms with Crippen molar-refractivity contribution in [2.75, 3.05) is 0 Å². The van der Waals surface area contributed by atoms with Crippen LogP contribution in [0.25, 0.3) is 0 Å². The van der Waals surface area contributed by atoms with Crippen molar-refractivity contribution in [1.29, 1.82) is 0 Å². The summed E-state index contributed by atoms with van der Waals surface area (Å²) in [4.78, 5) is 20.9.